The van der Waals surface area contributed by atoms with Gasteiger partial charge in [0.25, 0.3) is 0 Å². The summed E-state index contributed by atoms with van der Waals surface area (Å²) in [4.78, 5) is 11.6. The van der Waals surface area contributed by atoms with Crippen molar-refractivity contribution in [3.05, 3.63) is 35.9 Å². The summed E-state index contributed by atoms with van der Waals surface area (Å²) in [5, 5.41) is 0.588. The quantitative estimate of drug-likeness (QED) is 0.734. The smallest absolute Gasteiger partial charge is 0.147 e. The molecule has 0 saturated carbocycles. The van der Waals surface area contributed by atoms with Gasteiger partial charge in [-0.25, -0.2) is 0 Å². The summed E-state index contributed by atoms with van der Waals surface area (Å²) in [5.74, 6) is 0.968. The monoisotopic (exact) mass is 222 g/mol. The van der Waals surface area contributed by atoms with Gasteiger partial charge < -0.3 is 0 Å². The van der Waals surface area contributed by atoms with Crippen LogP contribution in [0.5, 0.6) is 0 Å². The fourth-order valence-electron chi connectivity index (χ4n) is 1.23. The highest BCUT2D eigenvalue weighted by atomic mass is 32.2. The molecule has 1 unspecified atom stereocenters. The first-order valence-electron chi connectivity index (χ1n) is 5.39. The first-order valence-corrected chi connectivity index (χ1v) is 6.44. The lowest BCUT2D eigenvalue weighted by Gasteiger charge is -2.06. The first-order chi connectivity index (χ1) is 7.22. The van der Waals surface area contributed by atoms with Crippen molar-refractivity contribution in [1.29, 1.82) is 0 Å². The highest BCUT2D eigenvalue weighted by Crippen LogP contribution is 2.14. The van der Waals surface area contributed by atoms with E-state index in [0.29, 0.717) is 23.2 Å². The van der Waals surface area contributed by atoms with Gasteiger partial charge in [0.15, 0.2) is 0 Å². The van der Waals surface area contributed by atoms with E-state index < -0.39 is 0 Å². The standard InChI is InChI=1S/C13H18OS/c1-3-11(2)15-10-13(14)9-12-7-5-4-6-8-12/h4-8,11H,3,9-10H2,1-2H3. The largest absolute Gasteiger partial charge is 0.298 e. The zero-order valence-corrected chi connectivity index (χ0v) is 10.2. The summed E-state index contributed by atoms with van der Waals surface area (Å²) in [6.07, 6.45) is 1.70. The molecule has 2 heteroatoms. The van der Waals surface area contributed by atoms with Gasteiger partial charge in [0, 0.05) is 11.7 Å². The number of hydrogen-bond donors (Lipinski definition) is 0. The zero-order chi connectivity index (χ0) is 11.1. The summed E-state index contributed by atoms with van der Waals surface area (Å²) in [5.41, 5.74) is 1.12. The van der Waals surface area contributed by atoms with E-state index in [0.717, 1.165) is 12.0 Å². The number of hydrogen-bond acceptors (Lipinski definition) is 2. The average Bonchev–Trinajstić information content (AvgIpc) is 2.27. The van der Waals surface area contributed by atoms with E-state index in [1.54, 1.807) is 11.8 Å². The molecule has 0 aliphatic rings. The van der Waals surface area contributed by atoms with Gasteiger partial charge in [0.05, 0.1) is 5.75 Å². The molecular formula is C13H18OS. The molecule has 0 heterocycles. The third-order valence-corrected chi connectivity index (χ3v) is 3.74. The van der Waals surface area contributed by atoms with Crippen LogP contribution < -0.4 is 0 Å². The third kappa shape index (κ3) is 5.03. The Labute approximate surface area is 96.3 Å². The zero-order valence-electron chi connectivity index (χ0n) is 9.40. The fraction of sp³-hybridized carbons (Fsp3) is 0.462. The van der Waals surface area contributed by atoms with Crippen molar-refractivity contribution in [1.82, 2.24) is 0 Å². The molecule has 82 valence electrons. The molecule has 15 heavy (non-hydrogen) atoms. The summed E-state index contributed by atoms with van der Waals surface area (Å²) in [7, 11) is 0. The molecule has 0 aliphatic carbocycles. The normalized spacial score (nSPS) is 12.4. The van der Waals surface area contributed by atoms with Gasteiger partial charge >= 0.3 is 0 Å². The lowest BCUT2D eigenvalue weighted by molar-refractivity contribution is -0.116. The second-order valence-electron chi connectivity index (χ2n) is 3.73. The summed E-state index contributed by atoms with van der Waals surface area (Å²) in [6.45, 7) is 4.32. The minimum atomic E-state index is 0.325. The van der Waals surface area contributed by atoms with E-state index in [1.807, 2.05) is 30.3 Å². The van der Waals surface area contributed by atoms with Crippen molar-refractivity contribution in [2.24, 2.45) is 0 Å². The van der Waals surface area contributed by atoms with Crippen LogP contribution in [0, 0.1) is 0 Å². The van der Waals surface area contributed by atoms with E-state index >= 15 is 0 Å². The molecule has 0 fully saturated rings. The Hall–Kier alpha value is -0.760. The van der Waals surface area contributed by atoms with Gasteiger partial charge in [-0.15, -0.1) is 0 Å². The van der Waals surface area contributed by atoms with Crippen molar-refractivity contribution in [2.45, 2.75) is 31.9 Å². The highest BCUT2D eigenvalue weighted by molar-refractivity contribution is 8.00. The Bertz CT molecular complexity index is 295. The number of ketones is 1. The Morgan fingerprint density at radius 2 is 2.00 bits per heavy atom. The molecule has 1 nitrogen and oxygen atoms in total. The fourth-order valence-corrected chi connectivity index (χ4v) is 2.04. The molecule has 0 amide bonds. The summed E-state index contributed by atoms with van der Waals surface area (Å²) < 4.78 is 0. The third-order valence-electron chi connectivity index (χ3n) is 2.35. The van der Waals surface area contributed by atoms with Crippen molar-refractivity contribution < 1.29 is 4.79 Å². The number of carbonyl (C=O) groups excluding carboxylic acids is 1. The molecular weight excluding hydrogens is 204 g/mol. The van der Waals surface area contributed by atoms with Crippen LogP contribution in [0.1, 0.15) is 25.8 Å². The Morgan fingerprint density at radius 3 is 2.60 bits per heavy atom. The van der Waals surface area contributed by atoms with Gasteiger partial charge in [0.1, 0.15) is 5.78 Å². The molecule has 1 atom stereocenters. The van der Waals surface area contributed by atoms with Crippen LogP contribution in [0.3, 0.4) is 0 Å². The second kappa shape index (κ2) is 6.67. The minimum absolute atomic E-state index is 0.325. The molecule has 1 aromatic rings. The number of Topliss-reactive ketones (excluding diaryl/α,β-unsaturated/α-hetero) is 1. The van der Waals surface area contributed by atoms with E-state index in [-0.39, 0.29) is 0 Å². The van der Waals surface area contributed by atoms with Crippen LogP contribution in [-0.4, -0.2) is 16.8 Å². The van der Waals surface area contributed by atoms with Gasteiger partial charge in [-0.05, 0) is 12.0 Å². The SMILES string of the molecule is CCC(C)SCC(=O)Cc1ccccc1. The molecule has 1 rings (SSSR count). The molecule has 0 aliphatic heterocycles. The van der Waals surface area contributed by atoms with E-state index in [1.165, 1.54) is 0 Å². The number of rotatable bonds is 6. The maximum absolute atomic E-state index is 11.6. The summed E-state index contributed by atoms with van der Waals surface area (Å²) in [6, 6.07) is 9.94. The van der Waals surface area contributed by atoms with Gasteiger partial charge in [0.2, 0.25) is 0 Å². The molecule has 0 spiro atoms. The summed E-state index contributed by atoms with van der Waals surface area (Å²) >= 11 is 1.75. The minimum Gasteiger partial charge on any atom is -0.298 e. The van der Waals surface area contributed by atoms with Crippen molar-refractivity contribution in [3.8, 4) is 0 Å². The van der Waals surface area contributed by atoms with E-state index in [9.17, 15) is 4.79 Å². The molecule has 0 radical (unpaired) electrons. The van der Waals surface area contributed by atoms with Crippen LogP contribution in [0.25, 0.3) is 0 Å². The van der Waals surface area contributed by atoms with Gasteiger partial charge in [-0.1, -0.05) is 44.2 Å². The van der Waals surface area contributed by atoms with Crippen LogP contribution in [0.4, 0.5) is 0 Å². The average molecular weight is 222 g/mol. The topological polar surface area (TPSA) is 17.1 Å². The van der Waals surface area contributed by atoms with Gasteiger partial charge in [-0.2, -0.15) is 11.8 Å². The van der Waals surface area contributed by atoms with Crippen LogP contribution in [-0.2, 0) is 11.2 Å². The van der Waals surface area contributed by atoms with Crippen LogP contribution in [0.15, 0.2) is 30.3 Å². The van der Waals surface area contributed by atoms with Crippen molar-refractivity contribution >= 4 is 17.5 Å². The Kier molecular flexibility index (Phi) is 5.48. The van der Waals surface area contributed by atoms with E-state index in [4.69, 9.17) is 0 Å². The Balaban J connectivity index is 2.31. The number of benzene rings is 1. The molecule has 0 saturated heterocycles. The highest BCUT2D eigenvalue weighted by Gasteiger charge is 2.06. The predicted octanol–water partition coefficient (Wildman–Crippen LogP) is 3.33. The number of carbonyl (C=O) groups is 1. The maximum Gasteiger partial charge on any atom is 0.147 e. The van der Waals surface area contributed by atoms with Crippen LogP contribution in [0.2, 0.25) is 0 Å². The van der Waals surface area contributed by atoms with E-state index in [2.05, 4.69) is 13.8 Å². The lowest BCUT2D eigenvalue weighted by Crippen LogP contribution is -2.08. The first kappa shape index (κ1) is 12.3. The molecule has 0 bridgehead atoms. The predicted molar refractivity (Wildman–Crippen MR) is 67.4 cm³/mol. The number of thioether (sulfide) groups is 1. The van der Waals surface area contributed by atoms with Crippen molar-refractivity contribution in [3.63, 3.8) is 0 Å². The van der Waals surface area contributed by atoms with Crippen molar-refractivity contribution in [2.75, 3.05) is 5.75 Å². The Morgan fingerprint density at radius 1 is 1.33 bits per heavy atom. The molecule has 0 N–H and O–H groups in total. The lowest BCUT2D eigenvalue weighted by atomic mass is 10.1. The molecule has 1 aromatic carbocycles. The maximum atomic E-state index is 11.6. The second-order valence-corrected chi connectivity index (χ2v) is 5.16. The van der Waals surface area contributed by atoms with Gasteiger partial charge in [-0.3, -0.25) is 4.79 Å². The van der Waals surface area contributed by atoms with Crippen LogP contribution >= 0.6 is 11.8 Å². The molecule has 0 aromatic heterocycles.